The minimum Gasteiger partial charge on any atom is -0.480 e. The summed E-state index contributed by atoms with van der Waals surface area (Å²) in [5, 5.41) is 2.99. The molecule has 0 saturated heterocycles. The van der Waals surface area contributed by atoms with Crippen LogP contribution in [0.4, 0.5) is 5.69 Å². The summed E-state index contributed by atoms with van der Waals surface area (Å²) < 4.78 is 6.22. The number of imidazole rings is 1. The van der Waals surface area contributed by atoms with Crippen LogP contribution in [0.25, 0.3) is 22.4 Å². The molecule has 0 radical (unpaired) electrons. The fraction of sp³-hybridized carbons (Fsp3) is 0.0769. The highest BCUT2D eigenvalue weighted by Crippen LogP contribution is 2.33. The van der Waals surface area contributed by atoms with Gasteiger partial charge in [-0.25, -0.2) is 9.97 Å². The SMILES string of the molecule is COc1nccc(I)c1-c1nc2c(N=O)cccc2[nH]1. The second kappa shape index (κ2) is 5.16. The van der Waals surface area contributed by atoms with E-state index >= 15 is 0 Å². The summed E-state index contributed by atoms with van der Waals surface area (Å²) in [4.78, 5) is 22.6. The number of aromatic nitrogens is 3. The van der Waals surface area contributed by atoms with Gasteiger partial charge in [-0.3, -0.25) is 0 Å². The molecule has 1 N–H and O–H groups in total. The van der Waals surface area contributed by atoms with Gasteiger partial charge in [-0.15, -0.1) is 4.91 Å². The van der Waals surface area contributed by atoms with Gasteiger partial charge in [0.15, 0.2) is 0 Å². The fourth-order valence-corrected chi connectivity index (χ4v) is 2.65. The van der Waals surface area contributed by atoms with Crippen molar-refractivity contribution in [3.8, 4) is 17.3 Å². The molecule has 0 saturated carbocycles. The minimum absolute atomic E-state index is 0.308. The van der Waals surface area contributed by atoms with Crippen molar-refractivity contribution in [2.24, 2.45) is 5.18 Å². The first-order valence-corrected chi connectivity index (χ1v) is 6.83. The van der Waals surface area contributed by atoms with Crippen molar-refractivity contribution in [1.29, 1.82) is 0 Å². The monoisotopic (exact) mass is 380 g/mol. The Labute approximate surface area is 127 Å². The van der Waals surface area contributed by atoms with Gasteiger partial charge in [0.05, 0.1) is 18.2 Å². The van der Waals surface area contributed by atoms with Crippen LogP contribution in [0, 0.1) is 8.48 Å². The summed E-state index contributed by atoms with van der Waals surface area (Å²) in [6.07, 6.45) is 1.67. The lowest BCUT2D eigenvalue weighted by Gasteiger charge is -2.06. The van der Waals surface area contributed by atoms with E-state index in [2.05, 4.69) is 42.7 Å². The number of hydrogen-bond acceptors (Lipinski definition) is 5. The number of hydrogen-bond donors (Lipinski definition) is 1. The Bertz CT molecular complexity index is 800. The van der Waals surface area contributed by atoms with Crippen LogP contribution in [0.2, 0.25) is 0 Å². The topological polar surface area (TPSA) is 80.2 Å². The molecule has 2 aromatic heterocycles. The molecule has 100 valence electrons. The lowest BCUT2D eigenvalue weighted by atomic mass is 10.2. The van der Waals surface area contributed by atoms with Crippen molar-refractivity contribution >= 4 is 39.3 Å². The number of H-pyrrole nitrogens is 1. The molecule has 0 unspecified atom stereocenters. The Morgan fingerprint density at radius 2 is 2.20 bits per heavy atom. The summed E-state index contributed by atoms with van der Waals surface area (Å²) in [6.45, 7) is 0. The molecule has 0 aliphatic carbocycles. The summed E-state index contributed by atoms with van der Waals surface area (Å²) in [5.41, 5.74) is 2.37. The van der Waals surface area contributed by atoms with E-state index < -0.39 is 0 Å². The number of rotatable bonds is 3. The molecule has 7 heteroatoms. The van der Waals surface area contributed by atoms with Crippen LogP contribution < -0.4 is 4.74 Å². The first-order valence-electron chi connectivity index (χ1n) is 5.75. The number of fused-ring (bicyclic) bond motifs is 1. The summed E-state index contributed by atoms with van der Waals surface area (Å²) in [6, 6.07) is 7.10. The average Bonchev–Trinajstić information content (AvgIpc) is 2.90. The van der Waals surface area contributed by atoms with Crippen molar-refractivity contribution in [2.75, 3.05) is 7.11 Å². The number of pyridine rings is 1. The van der Waals surface area contributed by atoms with E-state index in [9.17, 15) is 4.91 Å². The zero-order chi connectivity index (χ0) is 14.1. The summed E-state index contributed by atoms with van der Waals surface area (Å²) in [5.74, 6) is 1.09. The zero-order valence-corrected chi connectivity index (χ0v) is 12.6. The highest BCUT2D eigenvalue weighted by Gasteiger charge is 2.16. The zero-order valence-electron chi connectivity index (χ0n) is 10.4. The Morgan fingerprint density at radius 3 is 2.95 bits per heavy atom. The van der Waals surface area contributed by atoms with E-state index in [0.717, 1.165) is 14.7 Å². The molecule has 0 amide bonds. The Morgan fingerprint density at radius 1 is 1.35 bits per heavy atom. The van der Waals surface area contributed by atoms with Crippen LogP contribution >= 0.6 is 22.6 Å². The molecule has 0 atom stereocenters. The molecule has 0 spiro atoms. The Kier molecular flexibility index (Phi) is 3.35. The number of benzene rings is 1. The van der Waals surface area contributed by atoms with Crippen LogP contribution in [0.3, 0.4) is 0 Å². The molecule has 3 aromatic rings. The first-order chi connectivity index (χ1) is 9.74. The summed E-state index contributed by atoms with van der Waals surface area (Å²) >= 11 is 2.19. The molecule has 0 aliphatic rings. The Hall–Kier alpha value is -2.03. The quantitative estimate of drug-likeness (QED) is 0.556. The first kappa shape index (κ1) is 13.0. The van der Waals surface area contributed by atoms with E-state index in [1.165, 1.54) is 0 Å². The van der Waals surface area contributed by atoms with Crippen LogP contribution in [-0.4, -0.2) is 22.1 Å². The number of halogens is 1. The largest absolute Gasteiger partial charge is 0.480 e. The third-order valence-electron chi connectivity index (χ3n) is 2.89. The molecule has 0 aliphatic heterocycles. The number of aromatic amines is 1. The molecular weight excluding hydrogens is 371 g/mol. The van der Waals surface area contributed by atoms with E-state index in [4.69, 9.17) is 4.74 Å². The summed E-state index contributed by atoms with van der Waals surface area (Å²) in [7, 11) is 1.56. The van der Waals surface area contributed by atoms with Gasteiger partial charge in [-0.1, -0.05) is 6.07 Å². The number of methoxy groups -OCH3 is 1. The van der Waals surface area contributed by atoms with Crippen molar-refractivity contribution in [3.63, 3.8) is 0 Å². The predicted molar refractivity (Wildman–Crippen MR) is 84.0 cm³/mol. The van der Waals surface area contributed by atoms with Crippen molar-refractivity contribution < 1.29 is 4.74 Å². The molecule has 2 heterocycles. The second-order valence-corrected chi connectivity index (χ2v) is 5.19. The minimum atomic E-state index is 0.308. The average molecular weight is 380 g/mol. The van der Waals surface area contributed by atoms with Gasteiger partial charge < -0.3 is 9.72 Å². The van der Waals surface area contributed by atoms with Crippen LogP contribution in [0.5, 0.6) is 5.88 Å². The fourth-order valence-electron chi connectivity index (χ4n) is 2.00. The molecule has 6 nitrogen and oxygen atoms in total. The second-order valence-electron chi connectivity index (χ2n) is 4.03. The van der Waals surface area contributed by atoms with Gasteiger partial charge in [0.25, 0.3) is 0 Å². The van der Waals surface area contributed by atoms with Crippen molar-refractivity contribution in [2.45, 2.75) is 0 Å². The highest BCUT2D eigenvalue weighted by molar-refractivity contribution is 14.1. The van der Waals surface area contributed by atoms with Crippen LogP contribution in [0.1, 0.15) is 0 Å². The number of nitrogens with one attached hydrogen (secondary N) is 1. The highest BCUT2D eigenvalue weighted by atomic mass is 127. The van der Waals surface area contributed by atoms with Gasteiger partial charge in [0.1, 0.15) is 17.0 Å². The van der Waals surface area contributed by atoms with Gasteiger partial charge in [-0.2, -0.15) is 0 Å². The third-order valence-corrected chi connectivity index (χ3v) is 3.78. The maximum atomic E-state index is 10.8. The molecular formula is C13H9IN4O2. The molecule has 1 aromatic carbocycles. The number of nitroso groups, excluding NO2 is 1. The smallest absolute Gasteiger partial charge is 0.225 e. The van der Waals surface area contributed by atoms with E-state index in [1.54, 1.807) is 25.4 Å². The molecule has 0 fully saturated rings. The van der Waals surface area contributed by atoms with Gasteiger partial charge in [-0.05, 0) is 46.0 Å². The Balaban J connectivity index is 2.28. The van der Waals surface area contributed by atoms with E-state index in [0.29, 0.717) is 22.9 Å². The lowest BCUT2D eigenvalue weighted by Crippen LogP contribution is -1.95. The van der Waals surface area contributed by atoms with Gasteiger partial charge >= 0.3 is 0 Å². The van der Waals surface area contributed by atoms with Crippen molar-refractivity contribution in [3.05, 3.63) is 38.9 Å². The molecule has 3 rings (SSSR count). The standard InChI is InChI=1S/C13H9IN4O2/c1-20-13-10(7(14)5-6-15-13)12-16-8-3-2-4-9(18-19)11(8)17-12/h2-6H,1H3,(H,16,17). The van der Waals surface area contributed by atoms with Gasteiger partial charge in [0, 0.05) is 9.77 Å². The molecule has 20 heavy (non-hydrogen) atoms. The molecule has 0 bridgehead atoms. The lowest BCUT2D eigenvalue weighted by molar-refractivity contribution is 0.399. The normalized spacial score (nSPS) is 10.7. The van der Waals surface area contributed by atoms with E-state index in [1.807, 2.05) is 12.1 Å². The maximum absolute atomic E-state index is 10.8. The maximum Gasteiger partial charge on any atom is 0.225 e. The van der Waals surface area contributed by atoms with E-state index in [-0.39, 0.29) is 0 Å². The van der Waals surface area contributed by atoms with Crippen LogP contribution in [0.15, 0.2) is 35.6 Å². The van der Waals surface area contributed by atoms with Gasteiger partial charge in [0.2, 0.25) is 5.88 Å². The number of ether oxygens (including phenoxy) is 1. The number of para-hydroxylation sites is 1. The van der Waals surface area contributed by atoms with Crippen LogP contribution in [-0.2, 0) is 0 Å². The predicted octanol–water partition coefficient (Wildman–Crippen LogP) is 3.64. The number of nitrogens with zero attached hydrogens (tertiary/aromatic N) is 3. The van der Waals surface area contributed by atoms with Crippen molar-refractivity contribution in [1.82, 2.24) is 15.0 Å². The third kappa shape index (κ3) is 2.03.